The second-order valence-corrected chi connectivity index (χ2v) is 4.20. The topological polar surface area (TPSA) is 29.3 Å². The molecule has 0 aliphatic carbocycles. The zero-order valence-corrected chi connectivity index (χ0v) is 10.2. The van der Waals surface area contributed by atoms with Crippen molar-refractivity contribution < 1.29 is 0 Å². The predicted octanol–water partition coefficient (Wildman–Crippen LogP) is 2.16. The Morgan fingerprint density at radius 3 is 2.67 bits per heavy atom. The molecule has 0 saturated heterocycles. The molecule has 1 aromatic rings. The molecule has 0 aromatic heterocycles. The van der Waals surface area contributed by atoms with Gasteiger partial charge in [-0.2, -0.15) is 0 Å². The molecule has 0 aliphatic heterocycles. The Morgan fingerprint density at radius 1 is 1.40 bits per heavy atom. The summed E-state index contributed by atoms with van der Waals surface area (Å²) in [6.07, 6.45) is 1.16. The lowest BCUT2D eigenvalue weighted by molar-refractivity contribution is 0.327. The highest BCUT2D eigenvalue weighted by Crippen LogP contribution is 2.11. The van der Waals surface area contributed by atoms with Gasteiger partial charge in [0, 0.05) is 12.1 Å². The maximum absolute atomic E-state index is 5.68. The van der Waals surface area contributed by atoms with Crippen molar-refractivity contribution in [1.29, 1.82) is 0 Å². The second-order valence-electron chi connectivity index (χ2n) is 3.76. The molecule has 2 N–H and O–H groups in total. The number of hydrogen-bond acceptors (Lipinski definition) is 2. The molecule has 0 spiro atoms. The summed E-state index contributed by atoms with van der Waals surface area (Å²) in [6, 6.07) is 8.06. The Morgan fingerprint density at radius 2 is 2.07 bits per heavy atom. The largest absolute Gasteiger partial charge is 0.389 e. The second kappa shape index (κ2) is 5.83. The van der Waals surface area contributed by atoms with Crippen molar-refractivity contribution in [2.75, 3.05) is 13.6 Å². The normalized spacial score (nSPS) is 10.6. The molecule has 0 saturated carbocycles. The number of hydrogen-bond donors (Lipinski definition) is 1. The number of benzene rings is 1. The summed E-state index contributed by atoms with van der Waals surface area (Å²) < 4.78 is 0. The van der Waals surface area contributed by atoms with Crippen molar-refractivity contribution in [3.63, 3.8) is 0 Å². The van der Waals surface area contributed by atoms with Crippen LogP contribution in [0.4, 0.5) is 0 Å². The lowest BCUT2D eigenvalue weighted by Crippen LogP contribution is -2.21. The molecule has 1 aromatic carbocycles. The lowest BCUT2D eigenvalue weighted by atomic mass is 10.1. The molecule has 15 heavy (non-hydrogen) atoms. The first-order chi connectivity index (χ1) is 7.15. The monoisotopic (exact) mass is 222 g/mol. The highest BCUT2D eigenvalue weighted by Gasteiger charge is 2.06. The minimum absolute atomic E-state index is 0.482. The minimum Gasteiger partial charge on any atom is -0.389 e. The third-order valence-electron chi connectivity index (χ3n) is 2.33. The van der Waals surface area contributed by atoms with Crippen LogP contribution >= 0.6 is 12.2 Å². The molecule has 2 nitrogen and oxygen atoms in total. The summed E-state index contributed by atoms with van der Waals surface area (Å²) in [5.41, 5.74) is 7.88. The molecule has 0 aliphatic rings. The van der Waals surface area contributed by atoms with Crippen molar-refractivity contribution in [3.8, 4) is 0 Å². The van der Waals surface area contributed by atoms with Gasteiger partial charge in [-0.05, 0) is 25.6 Å². The van der Waals surface area contributed by atoms with Crippen LogP contribution < -0.4 is 5.73 Å². The number of nitrogens with zero attached hydrogens (tertiary/aromatic N) is 1. The third kappa shape index (κ3) is 3.61. The number of nitrogens with two attached hydrogens (primary N) is 1. The van der Waals surface area contributed by atoms with E-state index in [2.05, 4.69) is 24.9 Å². The van der Waals surface area contributed by atoms with Crippen LogP contribution in [0.25, 0.3) is 0 Å². The van der Waals surface area contributed by atoms with Gasteiger partial charge in [-0.1, -0.05) is 43.4 Å². The molecule has 0 heterocycles. The van der Waals surface area contributed by atoms with E-state index in [1.165, 1.54) is 5.56 Å². The quantitative estimate of drug-likeness (QED) is 0.774. The van der Waals surface area contributed by atoms with E-state index in [1.54, 1.807) is 0 Å². The average molecular weight is 222 g/mol. The summed E-state index contributed by atoms with van der Waals surface area (Å²) in [5, 5.41) is 0. The van der Waals surface area contributed by atoms with Crippen LogP contribution in [0, 0.1) is 0 Å². The minimum atomic E-state index is 0.482. The van der Waals surface area contributed by atoms with E-state index in [1.807, 2.05) is 18.2 Å². The van der Waals surface area contributed by atoms with E-state index in [0.29, 0.717) is 4.99 Å². The van der Waals surface area contributed by atoms with Crippen LogP contribution in [0.3, 0.4) is 0 Å². The first kappa shape index (κ1) is 12.1. The maximum Gasteiger partial charge on any atom is 0.104 e. The van der Waals surface area contributed by atoms with E-state index in [9.17, 15) is 0 Å². The standard InChI is InChI=1S/C12H18N2S/c1-3-8-14(2)9-10-6-4-5-7-11(10)12(13)15/h4-7H,3,8-9H2,1-2H3,(H2,13,15). The highest BCUT2D eigenvalue weighted by molar-refractivity contribution is 7.80. The fourth-order valence-electron chi connectivity index (χ4n) is 1.65. The van der Waals surface area contributed by atoms with E-state index in [4.69, 9.17) is 18.0 Å². The van der Waals surface area contributed by atoms with Crippen molar-refractivity contribution in [3.05, 3.63) is 35.4 Å². The molecule has 0 radical (unpaired) electrons. The van der Waals surface area contributed by atoms with Gasteiger partial charge >= 0.3 is 0 Å². The zero-order chi connectivity index (χ0) is 11.3. The Kier molecular flexibility index (Phi) is 4.72. The van der Waals surface area contributed by atoms with E-state index < -0.39 is 0 Å². The summed E-state index contributed by atoms with van der Waals surface area (Å²) >= 11 is 5.03. The Hall–Kier alpha value is -0.930. The van der Waals surface area contributed by atoms with Crippen LogP contribution in [-0.2, 0) is 6.54 Å². The molecule has 82 valence electrons. The van der Waals surface area contributed by atoms with Crippen molar-refractivity contribution >= 4 is 17.2 Å². The first-order valence-corrected chi connectivity index (χ1v) is 5.62. The molecule has 1 rings (SSSR count). The van der Waals surface area contributed by atoms with Gasteiger partial charge in [0.1, 0.15) is 4.99 Å². The molecule has 0 amide bonds. The van der Waals surface area contributed by atoms with Crippen LogP contribution in [0.15, 0.2) is 24.3 Å². The Labute approximate surface area is 97.1 Å². The van der Waals surface area contributed by atoms with Crippen molar-refractivity contribution in [2.24, 2.45) is 5.73 Å². The van der Waals surface area contributed by atoms with E-state index >= 15 is 0 Å². The average Bonchev–Trinajstić information content (AvgIpc) is 2.18. The van der Waals surface area contributed by atoms with Crippen molar-refractivity contribution in [2.45, 2.75) is 19.9 Å². The van der Waals surface area contributed by atoms with Crippen LogP contribution in [0.2, 0.25) is 0 Å². The van der Waals surface area contributed by atoms with Gasteiger partial charge in [0.05, 0.1) is 0 Å². The fourth-order valence-corrected chi connectivity index (χ4v) is 1.85. The smallest absolute Gasteiger partial charge is 0.104 e. The molecular weight excluding hydrogens is 204 g/mol. The van der Waals surface area contributed by atoms with Gasteiger partial charge < -0.3 is 10.6 Å². The van der Waals surface area contributed by atoms with Crippen LogP contribution in [-0.4, -0.2) is 23.5 Å². The van der Waals surface area contributed by atoms with Gasteiger partial charge in [0.15, 0.2) is 0 Å². The highest BCUT2D eigenvalue weighted by atomic mass is 32.1. The van der Waals surface area contributed by atoms with Crippen LogP contribution in [0.1, 0.15) is 24.5 Å². The number of thiocarbonyl (C=S) groups is 1. The SMILES string of the molecule is CCCN(C)Cc1ccccc1C(N)=S. The van der Waals surface area contributed by atoms with Gasteiger partial charge in [-0.15, -0.1) is 0 Å². The van der Waals surface area contributed by atoms with Gasteiger partial charge in [-0.25, -0.2) is 0 Å². The zero-order valence-electron chi connectivity index (χ0n) is 9.36. The fraction of sp³-hybridized carbons (Fsp3) is 0.417. The summed E-state index contributed by atoms with van der Waals surface area (Å²) in [4.78, 5) is 2.76. The maximum atomic E-state index is 5.68. The van der Waals surface area contributed by atoms with Gasteiger partial charge in [0.25, 0.3) is 0 Å². The summed E-state index contributed by atoms with van der Waals surface area (Å²) in [7, 11) is 2.11. The third-order valence-corrected chi connectivity index (χ3v) is 2.55. The van der Waals surface area contributed by atoms with E-state index in [0.717, 1.165) is 25.1 Å². The predicted molar refractivity (Wildman–Crippen MR) is 69.0 cm³/mol. The van der Waals surface area contributed by atoms with Gasteiger partial charge in [-0.3, -0.25) is 0 Å². The summed E-state index contributed by atoms with van der Waals surface area (Å²) in [5.74, 6) is 0. The Bertz CT molecular complexity index is 336. The summed E-state index contributed by atoms with van der Waals surface area (Å²) in [6.45, 7) is 4.17. The number of rotatable bonds is 5. The van der Waals surface area contributed by atoms with E-state index in [-0.39, 0.29) is 0 Å². The van der Waals surface area contributed by atoms with Gasteiger partial charge in [0.2, 0.25) is 0 Å². The molecule has 0 atom stereocenters. The Balaban J connectivity index is 2.79. The van der Waals surface area contributed by atoms with Crippen molar-refractivity contribution in [1.82, 2.24) is 4.90 Å². The molecular formula is C12H18N2S. The first-order valence-electron chi connectivity index (χ1n) is 5.21. The van der Waals surface area contributed by atoms with Crippen LogP contribution in [0.5, 0.6) is 0 Å². The lowest BCUT2D eigenvalue weighted by Gasteiger charge is -2.17. The molecule has 0 fully saturated rings. The molecule has 0 unspecified atom stereocenters. The molecule has 0 bridgehead atoms. The molecule has 3 heteroatoms.